The molecule has 14 rings (SSSR count). The zero-order valence-corrected chi connectivity index (χ0v) is 35.5. The molecule has 3 aromatic heterocycles. The van der Waals surface area contributed by atoms with Gasteiger partial charge in [-0.25, -0.2) is 15.0 Å². The molecule has 3 heterocycles. The van der Waals surface area contributed by atoms with Crippen molar-refractivity contribution in [1.29, 1.82) is 0 Å². The maximum absolute atomic E-state index is 7.16. The summed E-state index contributed by atoms with van der Waals surface area (Å²) in [6.45, 7) is 0. The summed E-state index contributed by atoms with van der Waals surface area (Å²) in [5.41, 5.74) is 9.85. The van der Waals surface area contributed by atoms with Crippen molar-refractivity contribution in [2.75, 3.05) is 0 Å². The molecule has 0 saturated heterocycles. The average Bonchev–Trinajstić information content (AvgIpc) is 3.91. The van der Waals surface area contributed by atoms with Gasteiger partial charge in [0.1, 0.15) is 11.2 Å². The van der Waals surface area contributed by atoms with E-state index >= 15 is 0 Å². The Kier molecular flexibility index (Phi) is 7.91. The summed E-state index contributed by atoms with van der Waals surface area (Å²) < 4.78 is 9.60. The third-order valence-electron chi connectivity index (χ3n) is 13.4. The van der Waals surface area contributed by atoms with Crippen molar-refractivity contribution in [3.8, 4) is 51.0 Å². The van der Waals surface area contributed by atoms with E-state index in [1.807, 2.05) is 18.2 Å². The maximum Gasteiger partial charge on any atom is 0.167 e. The minimum Gasteiger partial charge on any atom is -0.455 e. The van der Waals surface area contributed by atoms with Gasteiger partial charge in [0.15, 0.2) is 17.5 Å². The normalized spacial score (nSPS) is 11.9. The van der Waals surface area contributed by atoms with Crippen molar-refractivity contribution in [3.05, 3.63) is 218 Å². The second-order valence-electron chi connectivity index (χ2n) is 17.1. The van der Waals surface area contributed by atoms with E-state index in [2.05, 4.69) is 205 Å². The topological polar surface area (TPSA) is 56.7 Å². The second kappa shape index (κ2) is 14.3. The van der Waals surface area contributed by atoms with Crippen molar-refractivity contribution >= 4 is 86.8 Å². The number of aromatic nitrogens is 4. The van der Waals surface area contributed by atoms with Crippen molar-refractivity contribution in [1.82, 2.24) is 19.5 Å². The van der Waals surface area contributed by atoms with E-state index in [9.17, 15) is 0 Å². The van der Waals surface area contributed by atoms with Crippen LogP contribution in [0.2, 0.25) is 0 Å². The van der Waals surface area contributed by atoms with Crippen molar-refractivity contribution in [3.63, 3.8) is 0 Å². The molecule has 0 N–H and O–H groups in total. The van der Waals surface area contributed by atoms with Gasteiger partial charge in [-0.1, -0.05) is 176 Å². The lowest BCUT2D eigenvalue weighted by molar-refractivity contribution is 0.669. The molecule has 0 aliphatic rings. The van der Waals surface area contributed by atoms with E-state index in [0.717, 1.165) is 88.0 Å². The largest absolute Gasteiger partial charge is 0.455 e. The molecule has 0 aliphatic carbocycles. The Morgan fingerprint density at radius 3 is 1.45 bits per heavy atom. The summed E-state index contributed by atoms with van der Waals surface area (Å²) in [7, 11) is 0. The number of benzene rings is 11. The zero-order chi connectivity index (χ0) is 43.3. The Balaban J connectivity index is 1.02. The molecule has 0 bridgehead atoms. The number of para-hydroxylation sites is 1. The standard InChI is InChI=1S/C61H36N4O/c1-3-16-37(17-4-1)43-30-31-48(45-25-12-11-24-44(43)45)60-62-59(38-18-5-2-6-19-38)63-61(64-60)50-29-15-28-49-57-47-27-14-13-26-46(47)55(36-56(57)66-58(49)50)65-53-34-41-22-9-7-20-39(41)32-51(53)52-33-40-21-8-10-23-42(40)35-54(52)65/h1-36H. The lowest BCUT2D eigenvalue weighted by Crippen LogP contribution is -2.01. The molecule has 0 atom stereocenters. The number of rotatable bonds is 5. The smallest absolute Gasteiger partial charge is 0.167 e. The van der Waals surface area contributed by atoms with Gasteiger partial charge in [-0.2, -0.15) is 0 Å². The Morgan fingerprint density at radius 2 is 0.803 bits per heavy atom. The fourth-order valence-electron chi connectivity index (χ4n) is 10.3. The Labute approximate surface area is 378 Å². The minimum absolute atomic E-state index is 0.547. The molecule has 0 fully saturated rings. The van der Waals surface area contributed by atoms with Crippen LogP contribution in [0.25, 0.3) is 138 Å². The lowest BCUT2D eigenvalue weighted by atomic mass is 9.94. The van der Waals surface area contributed by atoms with Gasteiger partial charge in [0.25, 0.3) is 0 Å². The molecule has 66 heavy (non-hydrogen) atoms. The van der Waals surface area contributed by atoms with Crippen LogP contribution in [0.4, 0.5) is 0 Å². The number of hydrogen-bond acceptors (Lipinski definition) is 4. The van der Waals surface area contributed by atoms with E-state index in [0.29, 0.717) is 17.5 Å². The van der Waals surface area contributed by atoms with Crippen LogP contribution in [-0.4, -0.2) is 19.5 Å². The van der Waals surface area contributed by atoms with Gasteiger partial charge < -0.3 is 8.98 Å². The van der Waals surface area contributed by atoms with Crippen LogP contribution < -0.4 is 0 Å². The van der Waals surface area contributed by atoms with Gasteiger partial charge >= 0.3 is 0 Å². The zero-order valence-electron chi connectivity index (χ0n) is 35.5. The third kappa shape index (κ3) is 5.57. The van der Waals surface area contributed by atoms with Gasteiger partial charge in [0.05, 0.1) is 22.3 Å². The molecular formula is C61H36N4O. The first-order valence-electron chi connectivity index (χ1n) is 22.3. The predicted octanol–water partition coefficient (Wildman–Crippen LogP) is 16.1. The highest BCUT2D eigenvalue weighted by atomic mass is 16.3. The highest BCUT2D eigenvalue weighted by Crippen LogP contribution is 2.45. The molecule has 0 radical (unpaired) electrons. The minimum atomic E-state index is 0.547. The predicted molar refractivity (Wildman–Crippen MR) is 273 cm³/mol. The maximum atomic E-state index is 7.16. The SMILES string of the molecule is c1ccc(-c2nc(-c3ccc(-c4ccccc4)c4ccccc34)nc(-c3cccc4c3oc3cc(-n5c6cc7ccccc7cc6c6cc7ccccc7cc65)c5ccccc5c34)n2)cc1. The molecule has 11 aromatic carbocycles. The van der Waals surface area contributed by atoms with E-state index in [1.54, 1.807) is 0 Å². The summed E-state index contributed by atoms with van der Waals surface area (Å²) in [5.74, 6) is 1.74. The summed E-state index contributed by atoms with van der Waals surface area (Å²) >= 11 is 0. The van der Waals surface area contributed by atoms with Gasteiger partial charge in [-0.15, -0.1) is 0 Å². The summed E-state index contributed by atoms with van der Waals surface area (Å²) in [4.78, 5) is 15.7. The molecule has 306 valence electrons. The first kappa shape index (κ1) is 36.5. The monoisotopic (exact) mass is 840 g/mol. The van der Waals surface area contributed by atoms with Crippen LogP contribution >= 0.6 is 0 Å². The summed E-state index contributed by atoms with van der Waals surface area (Å²) in [6.07, 6.45) is 0. The Hall–Kier alpha value is -8.93. The van der Waals surface area contributed by atoms with Gasteiger partial charge in [-0.3, -0.25) is 0 Å². The Bertz CT molecular complexity index is 4190. The van der Waals surface area contributed by atoms with Crippen molar-refractivity contribution < 1.29 is 4.42 Å². The van der Waals surface area contributed by atoms with E-state index < -0.39 is 0 Å². The molecule has 14 aromatic rings. The quantitative estimate of drug-likeness (QED) is 0.173. The number of hydrogen-bond donors (Lipinski definition) is 0. The third-order valence-corrected chi connectivity index (χ3v) is 13.4. The molecular weight excluding hydrogens is 805 g/mol. The first-order chi connectivity index (χ1) is 32.7. The fraction of sp³-hybridized carbons (Fsp3) is 0. The summed E-state index contributed by atoms with van der Waals surface area (Å²) in [5, 5.41) is 13.8. The first-order valence-corrected chi connectivity index (χ1v) is 22.3. The highest BCUT2D eigenvalue weighted by Gasteiger charge is 2.23. The number of nitrogens with zero attached hydrogens (tertiary/aromatic N) is 4. The Morgan fingerprint density at radius 1 is 0.318 bits per heavy atom. The van der Waals surface area contributed by atoms with E-state index in [1.165, 1.54) is 32.3 Å². The molecule has 0 unspecified atom stereocenters. The van der Waals surface area contributed by atoms with Gasteiger partial charge in [0, 0.05) is 44.1 Å². The van der Waals surface area contributed by atoms with Gasteiger partial charge in [0.2, 0.25) is 0 Å². The average molecular weight is 841 g/mol. The molecule has 0 aliphatic heterocycles. The van der Waals surface area contributed by atoms with Crippen LogP contribution in [0.15, 0.2) is 223 Å². The fourth-order valence-corrected chi connectivity index (χ4v) is 10.3. The molecule has 5 heteroatoms. The number of fused-ring (bicyclic) bond motifs is 11. The lowest BCUT2D eigenvalue weighted by Gasteiger charge is -2.13. The molecule has 0 saturated carbocycles. The molecule has 0 amide bonds. The van der Waals surface area contributed by atoms with E-state index in [-0.39, 0.29) is 0 Å². The highest BCUT2D eigenvalue weighted by molar-refractivity contribution is 6.24. The van der Waals surface area contributed by atoms with Crippen LogP contribution in [0, 0.1) is 0 Å². The number of furan rings is 1. The molecule has 0 spiro atoms. The summed E-state index contributed by atoms with van der Waals surface area (Å²) in [6, 6.07) is 77.5. The van der Waals surface area contributed by atoms with Crippen LogP contribution in [0.5, 0.6) is 0 Å². The van der Waals surface area contributed by atoms with E-state index in [4.69, 9.17) is 19.4 Å². The second-order valence-corrected chi connectivity index (χ2v) is 17.1. The van der Waals surface area contributed by atoms with Crippen molar-refractivity contribution in [2.24, 2.45) is 0 Å². The van der Waals surface area contributed by atoms with Crippen LogP contribution in [0.1, 0.15) is 0 Å². The van der Waals surface area contributed by atoms with Gasteiger partial charge in [-0.05, 0) is 85.2 Å². The van der Waals surface area contributed by atoms with Crippen molar-refractivity contribution in [2.45, 2.75) is 0 Å². The van der Waals surface area contributed by atoms with Crippen LogP contribution in [0.3, 0.4) is 0 Å². The molecule has 5 nitrogen and oxygen atoms in total. The van der Waals surface area contributed by atoms with Crippen LogP contribution in [-0.2, 0) is 0 Å².